The van der Waals surface area contributed by atoms with Crippen LogP contribution in [0.15, 0.2) is 71.2 Å². The maximum atomic E-state index is 12.4. The molecule has 0 amide bonds. The Morgan fingerprint density at radius 3 is 1.77 bits per heavy atom. The Morgan fingerprint density at radius 2 is 1.33 bits per heavy atom. The van der Waals surface area contributed by atoms with Crippen LogP contribution in [0.3, 0.4) is 0 Å². The third kappa shape index (κ3) is 3.94. The minimum atomic E-state index is -3.09. The van der Waals surface area contributed by atoms with Gasteiger partial charge in [0, 0.05) is 0 Å². The topological polar surface area (TPSA) is 38.7 Å². The van der Waals surface area contributed by atoms with Gasteiger partial charge in [0.05, 0.1) is 18.7 Å². The fourth-order valence-corrected chi connectivity index (χ4v) is 8.59. The number of hydrogen-bond donors (Lipinski definition) is 1. The van der Waals surface area contributed by atoms with Gasteiger partial charge in [-0.05, 0) is 61.9 Å². The number of methoxy groups -OCH3 is 2. The molecule has 3 rings (SSSR count). The zero-order valence-electron chi connectivity index (χ0n) is 18.2. The highest BCUT2D eigenvalue weighted by Crippen LogP contribution is 2.45. The van der Waals surface area contributed by atoms with Crippen LogP contribution in [0.25, 0.3) is 0 Å². The predicted octanol–water partition coefficient (Wildman–Crippen LogP) is 4.85. The van der Waals surface area contributed by atoms with Crippen LogP contribution in [0.4, 0.5) is 0 Å². The highest BCUT2D eigenvalue weighted by molar-refractivity contribution is 9.10. The molecule has 0 atom stereocenters. The zero-order chi connectivity index (χ0) is 21.9. The highest BCUT2D eigenvalue weighted by atomic mass is 79.9. The summed E-state index contributed by atoms with van der Waals surface area (Å²) in [5.74, 6) is 1.41. The van der Waals surface area contributed by atoms with Gasteiger partial charge in [-0.15, -0.1) is 0 Å². The lowest BCUT2D eigenvalue weighted by Gasteiger charge is -2.41. The van der Waals surface area contributed by atoms with Gasteiger partial charge in [0.15, 0.2) is 11.5 Å². The van der Waals surface area contributed by atoms with Crippen LogP contribution >= 0.6 is 15.9 Å². The normalized spacial score (nSPS) is 12.0. The third-order valence-electron chi connectivity index (χ3n) is 5.95. The van der Waals surface area contributed by atoms with E-state index in [0.717, 1.165) is 31.7 Å². The summed E-state index contributed by atoms with van der Waals surface area (Å²) in [6, 6.07) is 22.3. The average Bonchev–Trinajstić information content (AvgIpc) is 2.76. The van der Waals surface area contributed by atoms with E-state index in [0.29, 0.717) is 12.2 Å². The second-order valence-electron chi connectivity index (χ2n) is 8.21. The van der Waals surface area contributed by atoms with Crippen LogP contribution in [0.5, 0.6) is 11.5 Å². The van der Waals surface area contributed by atoms with E-state index in [-0.39, 0.29) is 5.04 Å². The van der Waals surface area contributed by atoms with Gasteiger partial charge in [-0.25, -0.2) is 0 Å². The maximum absolute atomic E-state index is 12.4. The Kier molecular flexibility index (Phi) is 6.75. The number of hydrogen-bond acceptors (Lipinski definition) is 3. The van der Waals surface area contributed by atoms with Gasteiger partial charge in [0.25, 0.3) is 8.32 Å². The fraction of sp³-hybridized carbons (Fsp3) is 0.280. The fourth-order valence-electron chi connectivity index (χ4n) is 4.28. The number of halogens is 1. The van der Waals surface area contributed by atoms with Crippen molar-refractivity contribution in [2.45, 2.75) is 32.2 Å². The maximum Gasteiger partial charge on any atom is 0.258 e. The molecule has 3 aromatic rings. The molecule has 30 heavy (non-hydrogen) atoms. The first-order chi connectivity index (χ1) is 14.3. The summed E-state index contributed by atoms with van der Waals surface area (Å²) in [5, 5.41) is 1.64. The van der Waals surface area contributed by atoms with Crippen LogP contribution in [0, 0.1) is 6.92 Å². The first kappa shape index (κ1) is 22.6. The molecule has 3 aromatic carbocycles. The molecule has 0 aromatic heterocycles. The van der Waals surface area contributed by atoms with E-state index in [1.54, 1.807) is 14.2 Å². The Morgan fingerprint density at radius 1 is 0.867 bits per heavy atom. The first-order valence-corrected chi connectivity index (χ1v) is 12.7. The monoisotopic (exact) mass is 484 g/mol. The summed E-state index contributed by atoms with van der Waals surface area (Å²) in [6.45, 7) is 6.39. The van der Waals surface area contributed by atoms with Gasteiger partial charge in [0.1, 0.15) is 0 Å². The molecule has 0 bridgehead atoms. The molecule has 0 fully saturated rings. The van der Waals surface area contributed by atoms with Gasteiger partial charge >= 0.3 is 0 Å². The van der Waals surface area contributed by atoms with Gasteiger partial charge < -0.3 is 14.3 Å². The molecule has 0 saturated carbocycles. The lowest BCUT2D eigenvalue weighted by molar-refractivity contribution is 0.350. The second-order valence-corrected chi connectivity index (χ2v) is 13.0. The van der Waals surface area contributed by atoms with Crippen molar-refractivity contribution >= 4 is 34.6 Å². The largest absolute Gasteiger partial charge is 0.493 e. The lowest BCUT2D eigenvalue weighted by Crippen LogP contribution is -2.65. The van der Waals surface area contributed by atoms with E-state index in [1.165, 1.54) is 0 Å². The molecule has 158 valence electrons. The molecule has 0 radical (unpaired) electrons. The molecular formula is C25H29BrO3Si. The van der Waals surface area contributed by atoms with Crippen molar-refractivity contribution in [2.24, 2.45) is 0 Å². The molecule has 0 aliphatic carbocycles. The minimum absolute atomic E-state index is 0.389. The van der Waals surface area contributed by atoms with Gasteiger partial charge in [0.2, 0.25) is 0 Å². The van der Waals surface area contributed by atoms with Crippen molar-refractivity contribution in [2.75, 3.05) is 14.2 Å². The van der Waals surface area contributed by atoms with E-state index in [9.17, 15) is 4.80 Å². The van der Waals surface area contributed by atoms with Gasteiger partial charge in [-0.2, -0.15) is 0 Å². The minimum Gasteiger partial charge on any atom is -0.493 e. The zero-order valence-corrected chi connectivity index (χ0v) is 20.8. The summed E-state index contributed by atoms with van der Waals surface area (Å²) in [5.41, 5.74) is 2.16. The van der Waals surface area contributed by atoms with Crippen LogP contribution in [-0.4, -0.2) is 27.3 Å². The SMILES string of the molecule is COc1c(Br)cc(CC(C)(C)[Si](O)(c2ccccc2)c2ccccc2)c(C)c1OC. The first-order valence-electron chi connectivity index (χ1n) is 9.99. The standard InChI is InChI=1S/C25H29BrO3Si/c1-18-19(16-22(26)24(29-5)23(18)28-4)17-25(2,3)30(27,20-12-8-6-9-13-20)21-14-10-7-11-15-21/h6-16,27H,17H2,1-5H3. The molecular weight excluding hydrogens is 456 g/mol. The predicted molar refractivity (Wildman–Crippen MR) is 130 cm³/mol. The Balaban J connectivity index is 2.16. The Hall–Kier alpha value is -2.08. The molecule has 0 spiro atoms. The van der Waals surface area contributed by atoms with Crippen LogP contribution in [0.1, 0.15) is 25.0 Å². The van der Waals surface area contributed by atoms with Crippen molar-refractivity contribution in [1.82, 2.24) is 0 Å². The molecule has 0 heterocycles. The van der Waals surface area contributed by atoms with Crippen LogP contribution in [-0.2, 0) is 6.42 Å². The summed E-state index contributed by atoms with van der Waals surface area (Å²) < 4.78 is 12.0. The van der Waals surface area contributed by atoms with E-state index < -0.39 is 8.32 Å². The van der Waals surface area contributed by atoms with Gasteiger partial charge in [-0.1, -0.05) is 74.5 Å². The van der Waals surface area contributed by atoms with Crippen LogP contribution < -0.4 is 19.8 Å². The summed E-state index contributed by atoms with van der Waals surface area (Å²) in [6.07, 6.45) is 0.699. The second kappa shape index (κ2) is 8.96. The number of ether oxygens (including phenoxy) is 2. The van der Waals surface area contributed by atoms with Crippen molar-refractivity contribution in [1.29, 1.82) is 0 Å². The molecule has 3 nitrogen and oxygen atoms in total. The van der Waals surface area contributed by atoms with Crippen molar-refractivity contribution in [3.8, 4) is 11.5 Å². The molecule has 5 heteroatoms. The Bertz CT molecular complexity index is 964. The molecule has 0 aliphatic rings. The van der Waals surface area contributed by atoms with Gasteiger partial charge in [-0.3, -0.25) is 0 Å². The summed E-state index contributed by atoms with van der Waals surface area (Å²) in [4.78, 5) is 12.4. The number of benzene rings is 3. The van der Waals surface area contributed by atoms with Crippen molar-refractivity contribution < 1.29 is 14.3 Å². The molecule has 0 aliphatic heterocycles. The molecule has 0 unspecified atom stereocenters. The van der Waals surface area contributed by atoms with E-state index in [2.05, 4.69) is 60.1 Å². The summed E-state index contributed by atoms with van der Waals surface area (Å²) in [7, 11) is 0.210. The average molecular weight is 485 g/mol. The molecule has 0 saturated heterocycles. The van der Waals surface area contributed by atoms with Crippen LogP contribution in [0.2, 0.25) is 5.04 Å². The lowest BCUT2D eigenvalue weighted by atomic mass is 9.97. The molecule has 1 N–H and O–H groups in total. The smallest absolute Gasteiger partial charge is 0.258 e. The Labute approximate surface area is 188 Å². The highest BCUT2D eigenvalue weighted by Gasteiger charge is 2.50. The third-order valence-corrected chi connectivity index (χ3v) is 11.0. The van der Waals surface area contributed by atoms with E-state index >= 15 is 0 Å². The van der Waals surface area contributed by atoms with E-state index in [1.807, 2.05) is 43.3 Å². The number of rotatable bonds is 7. The van der Waals surface area contributed by atoms with Crippen molar-refractivity contribution in [3.05, 3.63) is 82.3 Å². The quantitative estimate of drug-likeness (QED) is 0.487. The van der Waals surface area contributed by atoms with E-state index in [4.69, 9.17) is 9.47 Å². The summed E-state index contributed by atoms with van der Waals surface area (Å²) >= 11 is 3.62. The van der Waals surface area contributed by atoms with Crippen molar-refractivity contribution in [3.63, 3.8) is 0 Å².